The first-order valence-corrected chi connectivity index (χ1v) is 7.21. The SMILES string of the molecule is CC(C)NC1CCCN(c2ccccc2Br)C1. The number of halogens is 1. The molecular formula is C14H21BrN2. The van der Waals surface area contributed by atoms with Crippen LogP contribution >= 0.6 is 15.9 Å². The molecule has 1 fully saturated rings. The van der Waals surface area contributed by atoms with Gasteiger partial charge >= 0.3 is 0 Å². The van der Waals surface area contributed by atoms with E-state index >= 15 is 0 Å². The van der Waals surface area contributed by atoms with Gasteiger partial charge in [-0.1, -0.05) is 26.0 Å². The van der Waals surface area contributed by atoms with Gasteiger partial charge in [0.25, 0.3) is 0 Å². The van der Waals surface area contributed by atoms with Crippen molar-refractivity contribution in [3.8, 4) is 0 Å². The van der Waals surface area contributed by atoms with Crippen LogP contribution in [0.4, 0.5) is 5.69 Å². The minimum atomic E-state index is 0.569. The molecular weight excluding hydrogens is 276 g/mol. The topological polar surface area (TPSA) is 15.3 Å². The Morgan fingerprint density at radius 1 is 1.35 bits per heavy atom. The van der Waals surface area contributed by atoms with Gasteiger partial charge in [-0.3, -0.25) is 0 Å². The van der Waals surface area contributed by atoms with Crippen molar-refractivity contribution in [3.63, 3.8) is 0 Å². The highest BCUT2D eigenvalue weighted by atomic mass is 79.9. The molecule has 17 heavy (non-hydrogen) atoms. The first-order valence-electron chi connectivity index (χ1n) is 6.42. The molecule has 1 aliphatic heterocycles. The third-order valence-corrected chi connectivity index (χ3v) is 3.85. The van der Waals surface area contributed by atoms with E-state index in [1.807, 2.05) is 0 Å². The average Bonchev–Trinajstić information content (AvgIpc) is 2.29. The van der Waals surface area contributed by atoms with Gasteiger partial charge < -0.3 is 10.2 Å². The second-order valence-electron chi connectivity index (χ2n) is 5.06. The maximum absolute atomic E-state index is 3.64. The number of nitrogens with one attached hydrogen (secondary N) is 1. The van der Waals surface area contributed by atoms with Crippen LogP contribution in [0.1, 0.15) is 26.7 Å². The Hall–Kier alpha value is -0.540. The van der Waals surface area contributed by atoms with Crippen molar-refractivity contribution in [1.29, 1.82) is 0 Å². The van der Waals surface area contributed by atoms with Gasteiger partial charge in [0.2, 0.25) is 0 Å². The van der Waals surface area contributed by atoms with E-state index in [1.54, 1.807) is 0 Å². The quantitative estimate of drug-likeness (QED) is 0.919. The lowest BCUT2D eigenvalue weighted by atomic mass is 10.0. The van der Waals surface area contributed by atoms with Crippen LogP contribution in [0.5, 0.6) is 0 Å². The van der Waals surface area contributed by atoms with Gasteiger partial charge in [0, 0.05) is 29.6 Å². The fraction of sp³-hybridized carbons (Fsp3) is 0.571. The Morgan fingerprint density at radius 2 is 2.12 bits per heavy atom. The maximum Gasteiger partial charge on any atom is 0.0511 e. The lowest BCUT2D eigenvalue weighted by Gasteiger charge is -2.36. The summed E-state index contributed by atoms with van der Waals surface area (Å²) in [5.74, 6) is 0. The second-order valence-corrected chi connectivity index (χ2v) is 5.91. The van der Waals surface area contributed by atoms with E-state index in [2.05, 4.69) is 64.3 Å². The zero-order chi connectivity index (χ0) is 12.3. The van der Waals surface area contributed by atoms with E-state index in [-0.39, 0.29) is 0 Å². The molecule has 1 N–H and O–H groups in total. The number of anilines is 1. The molecule has 3 heteroatoms. The third kappa shape index (κ3) is 3.46. The summed E-state index contributed by atoms with van der Waals surface area (Å²) in [4.78, 5) is 2.48. The maximum atomic E-state index is 3.64. The summed E-state index contributed by atoms with van der Waals surface area (Å²) in [6.07, 6.45) is 2.56. The summed E-state index contributed by atoms with van der Waals surface area (Å²) in [6, 6.07) is 9.69. The lowest BCUT2D eigenvalue weighted by Crippen LogP contribution is -2.48. The van der Waals surface area contributed by atoms with Crippen molar-refractivity contribution in [1.82, 2.24) is 5.32 Å². The highest BCUT2D eigenvalue weighted by Crippen LogP contribution is 2.28. The number of para-hydroxylation sites is 1. The Labute approximate surface area is 113 Å². The first-order chi connectivity index (χ1) is 8.16. The predicted molar refractivity (Wildman–Crippen MR) is 77.6 cm³/mol. The van der Waals surface area contributed by atoms with Gasteiger partial charge in [0.05, 0.1) is 5.69 Å². The molecule has 2 nitrogen and oxygen atoms in total. The summed E-state index contributed by atoms with van der Waals surface area (Å²) in [6.45, 7) is 6.72. The summed E-state index contributed by atoms with van der Waals surface area (Å²) in [5.41, 5.74) is 1.32. The standard InChI is InChI=1S/C14H21BrN2/c1-11(2)16-12-6-5-9-17(10-12)14-8-4-3-7-13(14)15/h3-4,7-8,11-12,16H,5-6,9-10H2,1-2H3. The first kappa shape index (κ1) is 12.9. The highest BCUT2D eigenvalue weighted by Gasteiger charge is 2.21. The summed E-state index contributed by atoms with van der Waals surface area (Å²) >= 11 is 3.64. The Bertz CT molecular complexity index is 365. The van der Waals surface area contributed by atoms with Gasteiger partial charge in [0.1, 0.15) is 0 Å². The molecule has 0 radical (unpaired) electrons. The van der Waals surface area contributed by atoms with Gasteiger partial charge in [-0.05, 0) is 40.9 Å². The van der Waals surface area contributed by atoms with Crippen molar-refractivity contribution in [3.05, 3.63) is 28.7 Å². The fourth-order valence-corrected chi connectivity index (χ4v) is 3.05. The monoisotopic (exact) mass is 296 g/mol. The van der Waals surface area contributed by atoms with Crippen LogP contribution < -0.4 is 10.2 Å². The van der Waals surface area contributed by atoms with Gasteiger partial charge in [-0.2, -0.15) is 0 Å². The van der Waals surface area contributed by atoms with Crippen LogP contribution in [0.2, 0.25) is 0 Å². The number of hydrogen-bond donors (Lipinski definition) is 1. The molecule has 1 heterocycles. The molecule has 1 saturated heterocycles. The van der Waals surface area contributed by atoms with Crippen LogP contribution in [0.3, 0.4) is 0 Å². The van der Waals surface area contributed by atoms with E-state index in [9.17, 15) is 0 Å². The number of benzene rings is 1. The smallest absolute Gasteiger partial charge is 0.0511 e. The Morgan fingerprint density at radius 3 is 2.82 bits per heavy atom. The molecule has 0 saturated carbocycles. The number of hydrogen-bond acceptors (Lipinski definition) is 2. The molecule has 0 aliphatic carbocycles. The number of rotatable bonds is 3. The van der Waals surface area contributed by atoms with Crippen LogP contribution in [-0.2, 0) is 0 Å². The number of nitrogens with zero attached hydrogens (tertiary/aromatic N) is 1. The zero-order valence-electron chi connectivity index (χ0n) is 10.6. The molecule has 1 atom stereocenters. The minimum absolute atomic E-state index is 0.569. The summed E-state index contributed by atoms with van der Waals surface area (Å²) in [7, 11) is 0. The van der Waals surface area contributed by atoms with Crippen molar-refractivity contribution in [2.75, 3.05) is 18.0 Å². The minimum Gasteiger partial charge on any atom is -0.369 e. The predicted octanol–water partition coefficient (Wildman–Crippen LogP) is 3.42. The van der Waals surface area contributed by atoms with Crippen molar-refractivity contribution < 1.29 is 0 Å². The molecule has 0 amide bonds. The van der Waals surface area contributed by atoms with Crippen molar-refractivity contribution >= 4 is 21.6 Å². The summed E-state index contributed by atoms with van der Waals surface area (Å²) in [5, 5.41) is 3.64. The van der Waals surface area contributed by atoms with Gasteiger partial charge in [0.15, 0.2) is 0 Å². The lowest BCUT2D eigenvalue weighted by molar-refractivity contribution is 0.394. The molecule has 0 spiro atoms. The summed E-state index contributed by atoms with van der Waals surface area (Å²) < 4.78 is 1.20. The highest BCUT2D eigenvalue weighted by molar-refractivity contribution is 9.10. The van der Waals surface area contributed by atoms with E-state index in [1.165, 1.54) is 29.5 Å². The molecule has 1 aromatic rings. The van der Waals surface area contributed by atoms with Gasteiger partial charge in [-0.15, -0.1) is 0 Å². The van der Waals surface area contributed by atoms with E-state index in [0.29, 0.717) is 12.1 Å². The second kappa shape index (κ2) is 5.87. The van der Waals surface area contributed by atoms with Crippen molar-refractivity contribution in [2.24, 2.45) is 0 Å². The Kier molecular flexibility index (Phi) is 4.46. The van der Waals surface area contributed by atoms with Gasteiger partial charge in [-0.25, -0.2) is 0 Å². The molecule has 1 aliphatic rings. The normalized spacial score (nSPS) is 20.9. The largest absolute Gasteiger partial charge is 0.369 e. The van der Waals surface area contributed by atoms with E-state index in [0.717, 1.165) is 6.54 Å². The van der Waals surface area contributed by atoms with Crippen LogP contribution in [0.25, 0.3) is 0 Å². The van der Waals surface area contributed by atoms with Crippen LogP contribution in [0, 0.1) is 0 Å². The molecule has 1 aromatic carbocycles. The van der Waals surface area contributed by atoms with Crippen molar-refractivity contribution in [2.45, 2.75) is 38.8 Å². The third-order valence-electron chi connectivity index (χ3n) is 3.18. The van der Waals surface area contributed by atoms with Crippen LogP contribution in [0.15, 0.2) is 28.7 Å². The molecule has 94 valence electrons. The Balaban J connectivity index is 2.04. The number of piperidine rings is 1. The molecule has 2 rings (SSSR count). The zero-order valence-corrected chi connectivity index (χ0v) is 12.2. The molecule has 0 bridgehead atoms. The average molecular weight is 297 g/mol. The fourth-order valence-electron chi connectivity index (χ4n) is 2.51. The van der Waals surface area contributed by atoms with E-state index < -0.39 is 0 Å². The molecule has 1 unspecified atom stereocenters. The molecule has 0 aromatic heterocycles. The van der Waals surface area contributed by atoms with E-state index in [4.69, 9.17) is 0 Å². The van der Waals surface area contributed by atoms with Crippen LogP contribution in [-0.4, -0.2) is 25.2 Å².